The average molecular weight is 423 g/mol. The smallest absolute Gasteiger partial charge is 0.332 e. The third-order valence-electron chi connectivity index (χ3n) is 4.90. The molecule has 4 rings (SSSR count). The van der Waals surface area contributed by atoms with Gasteiger partial charge in [-0.15, -0.1) is 0 Å². The highest BCUT2D eigenvalue weighted by Gasteiger charge is 2.36. The van der Waals surface area contributed by atoms with Gasteiger partial charge >= 0.3 is 6.18 Å². The number of rotatable bonds is 5. The van der Waals surface area contributed by atoms with Gasteiger partial charge in [0.05, 0.1) is 22.7 Å². The van der Waals surface area contributed by atoms with Gasteiger partial charge < -0.3 is 10.3 Å². The summed E-state index contributed by atoms with van der Waals surface area (Å²) < 4.78 is 40.6. The van der Waals surface area contributed by atoms with E-state index < -0.39 is 23.8 Å². The Balaban J connectivity index is 1.42. The van der Waals surface area contributed by atoms with Crippen molar-refractivity contribution in [1.29, 1.82) is 0 Å². The first-order valence-corrected chi connectivity index (χ1v) is 9.50. The van der Waals surface area contributed by atoms with E-state index in [1.165, 1.54) is 35.6 Å². The number of hydrogen-bond donors (Lipinski definition) is 2. The molecule has 5 nitrogen and oxygen atoms in total. The number of carbonyl (C=O) groups is 1. The molecule has 1 amide bonds. The van der Waals surface area contributed by atoms with Crippen molar-refractivity contribution >= 4 is 17.5 Å². The Labute approximate surface area is 170 Å². The van der Waals surface area contributed by atoms with Crippen LogP contribution in [0, 0.1) is 0 Å². The van der Waals surface area contributed by atoms with E-state index in [1.807, 2.05) is 0 Å². The summed E-state index contributed by atoms with van der Waals surface area (Å²) in [5.41, 5.74) is 3.51. The number of benzene rings is 1. The van der Waals surface area contributed by atoms with Gasteiger partial charge in [-0.3, -0.25) is 9.78 Å². The van der Waals surface area contributed by atoms with E-state index >= 15 is 0 Å². The molecule has 2 heterocycles. The molecule has 1 aliphatic carbocycles. The van der Waals surface area contributed by atoms with Crippen LogP contribution >= 0.6 is 11.6 Å². The monoisotopic (exact) mass is 422 g/mol. The van der Waals surface area contributed by atoms with Crippen LogP contribution in [0.3, 0.4) is 0 Å². The van der Waals surface area contributed by atoms with Gasteiger partial charge in [-0.2, -0.15) is 13.2 Å². The fourth-order valence-corrected chi connectivity index (χ4v) is 3.47. The van der Waals surface area contributed by atoms with E-state index in [9.17, 15) is 18.0 Å². The molecule has 0 bridgehead atoms. The van der Waals surface area contributed by atoms with E-state index in [2.05, 4.69) is 15.7 Å². The molecule has 1 unspecified atom stereocenters. The van der Waals surface area contributed by atoms with Crippen molar-refractivity contribution in [2.75, 3.05) is 0 Å². The van der Waals surface area contributed by atoms with Crippen molar-refractivity contribution < 1.29 is 18.0 Å². The molecule has 29 heavy (non-hydrogen) atoms. The van der Waals surface area contributed by atoms with Crippen molar-refractivity contribution in [3.8, 4) is 0 Å². The van der Waals surface area contributed by atoms with Gasteiger partial charge in [-0.25, -0.2) is 5.43 Å². The zero-order valence-corrected chi connectivity index (χ0v) is 16.0. The summed E-state index contributed by atoms with van der Waals surface area (Å²) in [5, 5.41) is 4.45. The fraction of sp³-hybridized carbons (Fsp3) is 0.300. The molecular formula is C20H18ClF3N4O. The molecule has 2 aromatic rings. The highest BCUT2D eigenvalue weighted by atomic mass is 35.5. The van der Waals surface area contributed by atoms with Gasteiger partial charge in [0.1, 0.15) is 6.17 Å². The third-order valence-corrected chi connectivity index (χ3v) is 5.20. The van der Waals surface area contributed by atoms with Gasteiger partial charge in [0.2, 0.25) is 0 Å². The van der Waals surface area contributed by atoms with Crippen LogP contribution in [0.5, 0.6) is 0 Å². The number of nitrogens with zero attached hydrogens (tertiary/aromatic N) is 2. The van der Waals surface area contributed by atoms with Gasteiger partial charge in [-0.1, -0.05) is 23.7 Å². The number of halogens is 4. The molecule has 9 heteroatoms. The van der Waals surface area contributed by atoms with E-state index in [4.69, 9.17) is 11.6 Å². The molecule has 1 saturated carbocycles. The summed E-state index contributed by atoms with van der Waals surface area (Å²) in [7, 11) is 0. The number of amides is 1. The zero-order valence-electron chi connectivity index (χ0n) is 15.2. The van der Waals surface area contributed by atoms with E-state index in [1.54, 1.807) is 18.3 Å². The maximum absolute atomic E-state index is 13.5. The highest BCUT2D eigenvalue weighted by Crippen LogP contribution is 2.43. The second-order valence-corrected chi connectivity index (χ2v) is 7.50. The lowest BCUT2D eigenvalue weighted by Crippen LogP contribution is -2.46. The number of carbonyl (C=O) groups excluding carboxylic acids is 1. The molecule has 0 radical (unpaired) electrons. The first kappa shape index (κ1) is 19.7. The quantitative estimate of drug-likeness (QED) is 0.757. The van der Waals surface area contributed by atoms with E-state index in [0.29, 0.717) is 0 Å². The van der Waals surface area contributed by atoms with Crippen LogP contribution in [0.15, 0.2) is 48.9 Å². The van der Waals surface area contributed by atoms with Gasteiger partial charge in [-0.05, 0) is 48.1 Å². The molecule has 152 valence electrons. The van der Waals surface area contributed by atoms with Gasteiger partial charge in [0.25, 0.3) is 5.91 Å². The molecule has 1 aliphatic heterocycles. The maximum Gasteiger partial charge on any atom is 0.416 e. The van der Waals surface area contributed by atoms with E-state index in [-0.39, 0.29) is 28.6 Å². The fourth-order valence-electron chi connectivity index (χ4n) is 3.26. The standard InChI is InChI=1S/C20H18ClF3N4O/c21-17-10-25-7-5-15(17)19(29)26-18-6-8-28(27-18)11-14-4-3-13(12-1-2-12)9-16(14)20(22,23)24/h3-10,12,18,27H,1-2,11H2,(H,26,29). The van der Waals surface area contributed by atoms with Crippen LogP contribution in [0.2, 0.25) is 5.02 Å². The second-order valence-electron chi connectivity index (χ2n) is 7.09. The molecule has 0 saturated heterocycles. The van der Waals surface area contributed by atoms with Crippen molar-refractivity contribution in [1.82, 2.24) is 20.7 Å². The number of nitrogens with one attached hydrogen (secondary N) is 2. The summed E-state index contributed by atoms with van der Waals surface area (Å²) in [6.07, 6.45) is 2.97. The van der Waals surface area contributed by atoms with Crippen molar-refractivity contribution in [2.45, 2.75) is 37.6 Å². The SMILES string of the molecule is O=C(NC1C=CN(Cc2ccc(C3CC3)cc2C(F)(F)F)N1)c1ccncc1Cl. The van der Waals surface area contributed by atoms with E-state index in [0.717, 1.165) is 18.4 Å². The minimum atomic E-state index is -4.42. The van der Waals surface area contributed by atoms with Crippen LogP contribution in [-0.2, 0) is 12.7 Å². The van der Waals surface area contributed by atoms with Crippen LogP contribution in [0.25, 0.3) is 0 Å². The minimum Gasteiger partial charge on any atom is -0.332 e. The Morgan fingerprint density at radius 2 is 2.10 bits per heavy atom. The predicted molar refractivity (Wildman–Crippen MR) is 102 cm³/mol. The maximum atomic E-state index is 13.5. The molecule has 1 fully saturated rings. The lowest BCUT2D eigenvalue weighted by Gasteiger charge is -2.23. The van der Waals surface area contributed by atoms with Crippen LogP contribution < -0.4 is 10.7 Å². The molecule has 2 N–H and O–H groups in total. The molecule has 2 aliphatic rings. The Morgan fingerprint density at radius 3 is 2.79 bits per heavy atom. The first-order chi connectivity index (χ1) is 13.8. The number of pyridine rings is 1. The molecule has 1 atom stereocenters. The van der Waals surface area contributed by atoms with Crippen LogP contribution in [-0.4, -0.2) is 22.1 Å². The molecular weight excluding hydrogens is 405 g/mol. The molecule has 0 spiro atoms. The summed E-state index contributed by atoms with van der Waals surface area (Å²) in [6, 6.07) is 6.06. The first-order valence-electron chi connectivity index (χ1n) is 9.13. The number of hydrazine groups is 1. The van der Waals surface area contributed by atoms with Crippen molar-refractivity contribution in [3.05, 3.63) is 76.2 Å². The highest BCUT2D eigenvalue weighted by molar-refractivity contribution is 6.33. The Bertz CT molecular complexity index is 959. The Hall–Kier alpha value is -2.58. The zero-order chi connectivity index (χ0) is 20.6. The van der Waals surface area contributed by atoms with Crippen LogP contribution in [0.1, 0.15) is 45.8 Å². The Kier molecular flexibility index (Phi) is 5.23. The lowest BCUT2D eigenvalue weighted by molar-refractivity contribution is -0.138. The normalized spacial score (nSPS) is 18.9. The van der Waals surface area contributed by atoms with Crippen molar-refractivity contribution in [2.24, 2.45) is 0 Å². The summed E-state index contributed by atoms with van der Waals surface area (Å²) in [4.78, 5) is 16.1. The topological polar surface area (TPSA) is 57.3 Å². The largest absolute Gasteiger partial charge is 0.416 e. The predicted octanol–water partition coefficient (Wildman–Crippen LogP) is 4.22. The summed E-state index contributed by atoms with van der Waals surface area (Å²) in [5.74, 6) is -0.166. The molecule has 1 aromatic heterocycles. The third kappa shape index (κ3) is 4.54. The summed E-state index contributed by atoms with van der Waals surface area (Å²) in [6.45, 7) is 0.0126. The van der Waals surface area contributed by atoms with Gasteiger partial charge in [0.15, 0.2) is 0 Å². The second kappa shape index (κ2) is 7.68. The minimum absolute atomic E-state index is 0.0126. The number of alkyl halides is 3. The average Bonchev–Trinajstić information content (AvgIpc) is 3.43. The number of aromatic nitrogens is 1. The molecule has 1 aromatic carbocycles. The lowest BCUT2D eigenvalue weighted by atomic mass is 10.0. The summed E-state index contributed by atoms with van der Waals surface area (Å²) >= 11 is 5.96. The Morgan fingerprint density at radius 1 is 1.31 bits per heavy atom. The van der Waals surface area contributed by atoms with Crippen LogP contribution in [0.4, 0.5) is 13.2 Å². The van der Waals surface area contributed by atoms with Crippen molar-refractivity contribution in [3.63, 3.8) is 0 Å². The van der Waals surface area contributed by atoms with Gasteiger partial charge in [0, 0.05) is 18.6 Å². The number of hydrogen-bond acceptors (Lipinski definition) is 4.